The van der Waals surface area contributed by atoms with E-state index in [4.69, 9.17) is 35.5 Å². The summed E-state index contributed by atoms with van der Waals surface area (Å²) in [5.41, 5.74) is 7.78. The van der Waals surface area contributed by atoms with Crippen molar-refractivity contribution in [2.45, 2.75) is 96.9 Å². The molecular weight excluding hydrogens is 1080 g/mol. The maximum absolute atomic E-state index is 14.4. The summed E-state index contributed by atoms with van der Waals surface area (Å²) in [5.74, 6) is -0.163. The number of benzene rings is 4. The van der Waals surface area contributed by atoms with E-state index in [1.54, 1.807) is 44.7 Å². The first kappa shape index (κ1) is 60.2. The van der Waals surface area contributed by atoms with Crippen LogP contribution in [0.1, 0.15) is 79.3 Å². The number of amides is 4. The number of likely N-dealkylation sites (tertiary alicyclic amines) is 1. The van der Waals surface area contributed by atoms with Gasteiger partial charge in [-0.3, -0.25) is 34.1 Å². The first-order valence-electron chi connectivity index (χ1n) is 27.0. The van der Waals surface area contributed by atoms with Crippen molar-refractivity contribution in [3.63, 3.8) is 0 Å². The average Bonchev–Trinajstić information content (AvgIpc) is 4.20. The summed E-state index contributed by atoms with van der Waals surface area (Å²) in [6.45, 7) is 10.4. The van der Waals surface area contributed by atoms with Crippen molar-refractivity contribution in [3.8, 4) is 21.9 Å². The van der Waals surface area contributed by atoms with Gasteiger partial charge >= 0.3 is 0 Å². The number of carbonyl (C=O) groups is 4. The fraction of sp³-hybridized carbons (Fsp3) is 0.424. The van der Waals surface area contributed by atoms with Crippen LogP contribution < -0.4 is 26.0 Å². The Kier molecular flexibility index (Phi) is 20.9. The van der Waals surface area contributed by atoms with Crippen LogP contribution in [0.5, 0.6) is 5.75 Å². The van der Waals surface area contributed by atoms with Gasteiger partial charge in [-0.05, 0) is 66.3 Å². The molecule has 1 saturated heterocycles. The van der Waals surface area contributed by atoms with E-state index >= 15 is 0 Å². The van der Waals surface area contributed by atoms with Gasteiger partial charge in [-0.1, -0.05) is 99.1 Å². The van der Waals surface area contributed by atoms with Crippen LogP contribution in [0, 0.1) is 19.3 Å². The van der Waals surface area contributed by atoms with Gasteiger partial charge in [-0.2, -0.15) is 0 Å². The van der Waals surface area contributed by atoms with Gasteiger partial charge in [0.15, 0.2) is 5.82 Å². The molecule has 0 radical (unpaired) electrons. The third kappa shape index (κ3) is 16.0. The summed E-state index contributed by atoms with van der Waals surface area (Å²) in [7, 11) is 1.61. The number of aliphatic imine (C=N–C) groups is 1. The third-order valence-electron chi connectivity index (χ3n) is 13.9. The minimum absolute atomic E-state index is 0.0371. The van der Waals surface area contributed by atoms with Gasteiger partial charge in [0.25, 0.3) is 0 Å². The highest BCUT2D eigenvalue weighted by Gasteiger charge is 2.45. The van der Waals surface area contributed by atoms with Crippen molar-refractivity contribution >= 4 is 52.3 Å². The number of halogens is 1. The molecule has 2 aromatic heterocycles. The number of β-amino-alcohol motifs (C(OH)–C–C–N with tert-alkyl or cyclic N) is 1. The summed E-state index contributed by atoms with van der Waals surface area (Å²) >= 11 is 7.81. The van der Waals surface area contributed by atoms with Crippen molar-refractivity contribution < 1.29 is 48.3 Å². The lowest BCUT2D eigenvalue weighted by atomic mass is 9.85. The predicted molar refractivity (Wildman–Crippen MR) is 307 cm³/mol. The highest BCUT2D eigenvalue weighted by atomic mass is 35.5. The lowest BCUT2D eigenvalue weighted by Gasteiger charge is -2.36. The summed E-state index contributed by atoms with van der Waals surface area (Å²) in [5, 5.41) is 43.1. The Hall–Kier alpha value is -6.95. The fourth-order valence-corrected chi connectivity index (χ4v) is 10.7. The largest absolute Gasteiger partial charge is 0.497 e. The zero-order valence-electron chi connectivity index (χ0n) is 46.4. The monoisotopic (exact) mass is 1150 g/mol. The van der Waals surface area contributed by atoms with Gasteiger partial charge in [-0.25, -0.2) is 4.98 Å². The Morgan fingerprint density at radius 2 is 1.56 bits per heavy atom. The van der Waals surface area contributed by atoms with Crippen LogP contribution in [0.4, 0.5) is 0 Å². The molecule has 0 spiro atoms. The van der Waals surface area contributed by atoms with E-state index in [1.807, 2.05) is 115 Å². The van der Waals surface area contributed by atoms with Crippen LogP contribution in [0.15, 0.2) is 108 Å². The standard InChI is InChI=1S/C59H71ClN10O10S/c1-36-53(81-35-63-36)41-14-12-39(13-15-41)32-62-57(75)49-29-43(71)33-69(49)58(76)54(59(3,4)5)66-56(74)47(28-38-10-8-7-9-11-38)64-51(73)34-80-27-26-79-25-24-78-23-22-61-50(72)31-46-55-68-67-37(2)70(55)48-21-20-44(77-6)30-45(48)52(65-46)40-16-18-42(60)19-17-40/h7-21,30,35,43,46-47,49-50,54,61,71-72H,22-29,31-34H2,1-6H3,(H,62,75)(H,64,73)(H,66,74)/t43-,46?,47+,49+,50?,54-/m1/s1. The molecule has 0 saturated carbocycles. The molecule has 6 N–H and O–H groups in total. The second kappa shape index (κ2) is 28.2. The maximum Gasteiger partial charge on any atom is 0.246 e. The topological polar surface area (TPSA) is 253 Å². The number of nitrogens with one attached hydrogen (secondary N) is 4. The van der Waals surface area contributed by atoms with Crippen molar-refractivity contribution in [1.82, 2.24) is 45.9 Å². The molecule has 1 fully saturated rings. The number of ether oxygens (including phenoxy) is 4. The molecule has 4 amide bonds. The predicted octanol–water partition coefficient (Wildman–Crippen LogP) is 5.45. The molecule has 430 valence electrons. The maximum atomic E-state index is 14.4. The van der Waals surface area contributed by atoms with Crippen LogP contribution in [-0.4, -0.2) is 154 Å². The van der Waals surface area contributed by atoms with E-state index in [-0.39, 0.29) is 72.0 Å². The summed E-state index contributed by atoms with van der Waals surface area (Å²) in [6, 6.07) is 26.4. The van der Waals surface area contributed by atoms with Crippen molar-refractivity contribution in [2.24, 2.45) is 10.4 Å². The van der Waals surface area contributed by atoms with E-state index in [0.717, 1.165) is 44.1 Å². The average molecular weight is 1150 g/mol. The quantitative estimate of drug-likeness (QED) is 0.0292. The first-order valence-corrected chi connectivity index (χ1v) is 28.2. The number of methoxy groups -OCH3 is 1. The van der Waals surface area contributed by atoms with Crippen LogP contribution >= 0.6 is 22.9 Å². The Morgan fingerprint density at radius 1 is 0.852 bits per heavy atom. The Bertz CT molecular complexity index is 3120. The highest BCUT2D eigenvalue weighted by Crippen LogP contribution is 2.35. The number of aromatic nitrogens is 4. The number of aliphatic hydroxyl groups excluding tert-OH is 2. The Labute approximate surface area is 480 Å². The molecule has 20 nitrogen and oxygen atoms in total. The molecule has 2 aliphatic rings. The van der Waals surface area contributed by atoms with Gasteiger partial charge in [-0.15, -0.1) is 21.5 Å². The zero-order valence-corrected chi connectivity index (χ0v) is 48.0. The molecule has 0 aliphatic carbocycles. The van der Waals surface area contributed by atoms with Crippen molar-refractivity contribution in [2.75, 3.05) is 59.8 Å². The van der Waals surface area contributed by atoms with Crippen LogP contribution in [-0.2, 0) is 46.4 Å². The Balaban J connectivity index is 0.767. The van der Waals surface area contributed by atoms with E-state index in [2.05, 4.69) is 36.4 Å². The number of nitrogens with zero attached hydrogens (tertiary/aromatic N) is 6. The van der Waals surface area contributed by atoms with Gasteiger partial charge in [0.2, 0.25) is 23.6 Å². The molecule has 6 aromatic rings. The molecule has 6 atom stereocenters. The lowest BCUT2D eigenvalue weighted by Crippen LogP contribution is -2.60. The van der Waals surface area contributed by atoms with Crippen LogP contribution in [0.2, 0.25) is 5.02 Å². The molecular formula is C59H71ClN10O10S. The summed E-state index contributed by atoms with van der Waals surface area (Å²) < 4.78 is 24.6. The molecule has 0 bridgehead atoms. The summed E-state index contributed by atoms with van der Waals surface area (Å²) in [4.78, 5) is 67.6. The summed E-state index contributed by atoms with van der Waals surface area (Å²) in [6.07, 6.45) is -1.55. The number of fused-ring (bicyclic) bond motifs is 3. The molecule has 4 aromatic carbocycles. The number of aliphatic hydroxyl groups is 2. The molecule has 81 heavy (non-hydrogen) atoms. The second-order valence-corrected chi connectivity index (χ2v) is 22.3. The third-order valence-corrected chi connectivity index (χ3v) is 15.2. The van der Waals surface area contributed by atoms with Gasteiger partial charge in [0.1, 0.15) is 48.6 Å². The number of thiazole rings is 1. The van der Waals surface area contributed by atoms with Gasteiger partial charge < -0.3 is 50.0 Å². The highest BCUT2D eigenvalue weighted by molar-refractivity contribution is 7.13. The van der Waals surface area contributed by atoms with Gasteiger partial charge in [0, 0.05) is 55.0 Å². The number of carbonyl (C=O) groups excluding carboxylic acids is 4. The number of aryl methyl sites for hydroxylation is 2. The van der Waals surface area contributed by atoms with Crippen molar-refractivity contribution in [1.29, 1.82) is 0 Å². The fourth-order valence-electron chi connectivity index (χ4n) is 9.71. The lowest BCUT2D eigenvalue weighted by molar-refractivity contribution is -0.144. The zero-order chi connectivity index (χ0) is 57.6. The number of rotatable bonds is 26. The van der Waals surface area contributed by atoms with Gasteiger partial charge in [0.05, 0.1) is 73.7 Å². The molecule has 4 heterocycles. The SMILES string of the molecule is COc1ccc2c(c1)C(c1ccc(Cl)cc1)=NC(CC(O)NCCOCCOCCOCC(=O)N[C@@H](Cc1ccccc1)C(=O)N[C@H](C(=O)N1C[C@H](O)C[C@H]1C(=O)NCc1ccc(-c3scnc3C)cc1)C(C)(C)C)c1nnc(C)n1-2. The molecule has 8 rings (SSSR count). The van der Waals surface area contributed by atoms with Crippen molar-refractivity contribution in [3.05, 3.63) is 147 Å². The van der Waals surface area contributed by atoms with E-state index < -0.39 is 65.5 Å². The van der Waals surface area contributed by atoms with Crippen LogP contribution in [0.3, 0.4) is 0 Å². The Morgan fingerprint density at radius 3 is 2.25 bits per heavy atom. The van der Waals surface area contributed by atoms with E-state index in [0.29, 0.717) is 34.7 Å². The normalized spacial score (nSPS) is 17.0. The minimum Gasteiger partial charge on any atom is -0.497 e. The molecule has 22 heteroatoms. The number of hydrogen-bond acceptors (Lipinski definition) is 16. The number of hydrogen-bond donors (Lipinski definition) is 6. The molecule has 2 aliphatic heterocycles. The van der Waals surface area contributed by atoms with E-state index in [9.17, 15) is 29.4 Å². The first-order chi connectivity index (χ1) is 39.0. The van der Waals surface area contributed by atoms with E-state index in [1.165, 1.54) is 4.90 Å². The smallest absolute Gasteiger partial charge is 0.246 e. The minimum atomic E-state index is -1.12. The van der Waals surface area contributed by atoms with Crippen LogP contribution in [0.25, 0.3) is 16.1 Å². The molecule has 2 unspecified atom stereocenters. The second-order valence-electron chi connectivity index (χ2n) is 21.0.